The first-order chi connectivity index (χ1) is 9.92. The van der Waals surface area contributed by atoms with Crippen LogP contribution in [0.2, 0.25) is 19.1 Å². The van der Waals surface area contributed by atoms with Gasteiger partial charge < -0.3 is 0 Å². The van der Waals surface area contributed by atoms with E-state index in [1.807, 2.05) is 0 Å². The summed E-state index contributed by atoms with van der Waals surface area (Å²) in [5.74, 6) is 6.96. The normalized spacial score (nSPS) is 11.6. The highest BCUT2D eigenvalue weighted by Crippen LogP contribution is 2.22. The Labute approximate surface area is 130 Å². The summed E-state index contributed by atoms with van der Waals surface area (Å²) in [6.45, 7) is 9.19. The Morgan fingerprint density at radius 3 is 1.95 bits per heavy atom. The second kappa shape index (κ2) is 6.33. The zero-order valence-corrected chi connectivity index (χ0v) is 14.5. The topological polar surface area (TPSA) is 0 Å². The third-order valence-corrected chi connectivity index (χ3v) is 6.94. The molecule has 0 radical (unpaired) electrons. The Bertz CT molecular complexity index is 628. The van der Waals surface area contributed by atoms with Gasteiger partial charge in [-0.05, 0) is 19.4 Å². The van der Waals surface area contributed by atoms with E-state index in [1.54, 1.807) is 0 Å². The predicted molar refractivity (Wildman–Crippen MR) is 95.6 cm³/mol. The molecule has 0 spiro atoms. The number of rotatable bonds is 3. The Morgan fingerprint density at radius 1 is 0.857 bits per heavy atom. The van der Waals surface area contributed by atoms with Crippen molar-refractivity contribution in [1.29, 1.82) is 0 Å². The maximum Gasteiger partial charge on any atom is 0.0926 e. The molecule has 0 atom stereocenters. The van der Waals surface area contributed by atoms with Gasteiger partial charge in [0, 0.05) is 6.04 Å². The minimum Gasteiger partial charge on any atom is -0.105 e. The van der Waals surface area contributed by atoms with E-state index >= 15 is 0 Å². The van der Waals surface area contributed by atoms with E-state index in [0.29, 0.717) is 0 Å². The average Bonchev–Trinajstić information content (AvgIpc) is 2.49. The molecular formula is C20H24Si. The first-order valence-corrected chi connectivity index (χ1v) is 10.7. The monoisotopic (exact) mass is 292 g/mol. The van der Waals surface area contributed by atoms with Crippen molar-refractivity contribution in [3.63, 3.8) is 0 Å². The molecular weight excluding hydrogens is 268 g/mol. The summed E-state index contributed by atoms with van der Waals surface area (Å²) < 4.78 is 0. The van der Waals surface area contributed by atoms with E-state index in [4.69, 9.17) is 0 Å². The highest BCUT2D eigenvalue weighted by atomic mass is 28.3. The van der Waals surface area contributed by atoms with Crippen molar-refractivity contribution in [3.8, 4) is 11.8 Å². The lowest BCUT2D eigenvalue weighted by Crippen LogP contribution is -2.40. The molecule has 0 saturated carbocycles. The molecule has 0 aliphatic carbocycles. The second-order valence-electron chi connectivity index (χ2n) is 6.72. The molecule has 108 valence electrons. The molecule has 0 aliphatic heterocycles. The van der Waals surface area contributed by atoms with Crippen molar-refractivity contribution < 1.29 is 0 Å². The fourth-order valence-corrected chi connectivity index (χ4v) is 4.23. The lowest BCUT2D eigenvalue weighted by molar-refractivity contribution is 0.698. The van der Waals surface area contributed by atoms with Crippen LogP contribution in [-0.2, 0) is 5.41 Å². The predicted octanol–water partition coefficient (Wildman–Crippen LogP) is 4.58. The first-order valence-electron chi connectivity index (χ1n) is 7.53. The van der Waals surface area contributed by atoms with Crippen LogP contribution in [0, 0.1) is 11.8 Å². The molecule has 0 bridgehead atoms. The van der Waals surface area contributed by atoms with Gasteiger partial charge >= 0.3 is 0 Å². The largest absolute Gasteiger partial charge is 0.105 e. The molecule has 2 aromatic carbocycles. The lowest BCUT2D eigenvalue weighted by atomic mass is 9.85. The van der Waals surface area contributed by atoms with Gasteiger partial charge in [0.2, 0.25) is 0 Å². The maximum absolute atomic E-state index is 3.49. The maximum atomic E-state index is 3.49. The van der Waals surface area contributed by atoms with Crippen molar-refractivity contribution in [2.75, 3.05) is 0 Å². The molecule has 0 fully saturated rings. The molecule has 2 aromatic rings. The zero-order chi connectivity index (χ0) is 15.3. The summed E-state index contributed by atoms with van der Waals surface area (Å²) in [7, 11) is -1.45. The SMILES string of the molecule is CC(C)(C#CC[Si](C)(C)c1ccccc1)c1ccccc1. The number of hydrogen-bond donors (Lipinski definition) is 0. The molecule has 21 heavy (non-hydrogen) atoms. The molecule has 0 aliphatic rings. The van der Waals surface area contributed by atoms with Crippen molar-refractivity contribution in [1.82, 2.24) is 0 Å². The van der Waals surface area contributed by atoms with Crippen LogP contribution >= 0.6 is 0 Å². The summed E-state index contributed by atoms with van der Waals surface area (Å²) in [6, 6.07) is 22.4. The standard InChI is InChI=1S/C20H24Si/c1-20(2,18-12-7-5-8-13-18)16-11-17-21(3,4)19-14-9-6-10-15-19/h5-10,12-15H,17H2,1-4H3. The first kappa shape index (κ1) is 15.6. The van der Waals surface area contributed by atoms with E-state index in [0.717, 1.165) is 6.04 Å². The molecule has 0 N–H and O–H groups in total. The van der Waals surface area contributed by atoms with Crippen LogP contribution in [0.1, 0.15) is 19.4 Å². The Kier molecular flexibility index (Phi) is 4.70. The van der Waals surface area contributed by atoms with Crippen LogP contribution in [0.3, 0.4) is 0 Å². The Balaban J connectivity index is 2.13. The minimum atomic E-state index is -1.45. The summed E-state index contributed by atoms with van der Waals surface area (Å²) >= 11 is 0. The molecule has 0 aromatic heterocycles. The number of hydrogen-bond acceptors (Lipinski definition) is 0. The lowest BCUT2D eigenvalue weighted by Gasteiger charge is -2.21. The van der Waals surface area contributed by atoms with Gasteiger partial charge in [-0.2, -0.15) is 0 Å². The zero-order valence-electron chi connectivity index (χ0n) is 13.5. The fourth-order valence-electron chi connectivity index (χ4n) is 2.40. The van der Waals surface area contributed by atoms with E-state index < -0.39 is 8.07 Å². The fraction of sp³-hybridized carbons (Fsp3) is 0.300. The molecule has 2 rings (SSSR count). The van der Waals surface area contributed by atoms with E-state index in [-0.39, 0.29) is 5.41 Å². The molecule has 0 unspecified atom stereocenters. The van der Waals surface area contributed by atoms with Crippen molar-refractivity contribution in [3.05, 3.63) is 66.2 Å². The third-order valence-electron chi connectivity index (χ3n) is 3.98. The van der Waals surface area contributed by atoms with Crippen LogP contribution in [0.5, 0.6) is 0 Å². The van der Waals surface area contributed by atoms with Gasteiger partial charge in [0.25, 0.3) is 0 Å². The van der Waals surface area contributed by atoms with Gasteiger partial charge in [0.15, 0.2) is 0 Å². The van der Waals surface area contributed by atoms with Gasteiger partial charge in [-0.1, -0.05) is 84.9 Å². The van der Waals surface area contributed by atoms with Gasteiger partial charge in [0.1, 0.15) is 0 Å². The van der Waals surface area contributed by atoms with E-state index in [2.05, 4.69) is 99.4 Å². The highest BCUT2D eigenvalue weighted by Gasteiger charge is 2.22. The van der Waals surface area contributed by atoms with Crippen LogP contribution < -0.4 is 5.19 Å². The summed E-state index contributed by atoms with van der Waals surface area (Å²) in [5.41, 5.74) is 1.21. The average molecular weight is 292 g/mol. The molecule has 1 heteroatoms. The second-order valence-corrected chi connectivity index (χ2v) is 11.4. The summed E-state index contributed by atoms with van der Waals surface area (Å²) in [4.78, 5) is 0. The molecule has 0 nitrogen and oxygen atoms in total. The van der Waals surface area contributed by atoms with Gasteiger partial charge in [-0.15, -0.1) is 5.92 Å². The highest BCUT2D eigenvalue weighted by molar-refractivity contribution is 6.90. The minimum absolute atomic E-state index is 0.0809. The third kappa shape index (κ3) is 4.09. The Morgan fingerprint density at radius 2 is 1.38 bits per heavy atom. The van der Waals surface area contributed by atoms with Gasteiger partial charge in [0.05, 0.1) is 13.5 Å². The van der Waals surface area contributed by atoms with Crippen LogP contribution in [0.15, 0.2) is 60.7 Å². The summed E-state index contributed by atoms with van der Waals surface area (Å²) in [6.07, 6.45) is 0. The van der Waals surface area contributed by atoms with E-state index in [9.17, 15) is 0 Å². The number of benzene rings is 2. The van der Waals surface area contributed by atoms with Gasteiger partial charge in [-0.25, -0.2) is 0 Å². The van der Waals surface area contributed by atoms with Crippen molar-refractivity contribution in [2.45, 2.75) is 38.4 Å². The molecule has 0 heterocycles. The smallest absolute Gasteiger partial charge is 0.0926 e. The molecule has 0 saturated heterocycles. The quantitative estimate of drug-likeness (QED) is 0.573. The molecule has 0 amide bonds. The van der Waals surface area contributed by atoms with Crippen LogP contribution in [0.4, 0.5) is 0 Å². The Hall–Kier alpha value is -1.78. The van der Waals surface area contributed by atoms with Gasteiger partial charge in [-0.3, -0.25) is 0 Å². The van der Waals surface area contributed by atoms with Crippen molar-refractivity contribution in [2.24, 2.45) is 0 Å². The van der Waals surface area contributed by atoms with E-state index in [1.165, 1.54) is 10.8 Å². The van der Waals surface area contributed by atoms with Crippen molar-refractivity contribution >= 4 is 13.3 Å². The summed E-state index contributed by atoms with van der Waals surface area (Å²) in [5, 5.41) is 1.48. The van der Waals surface area contributed by atoms with Crippen LogP contribution in [-0.4, -0.2) is 8.07 Å². The van der Waals surface area contributed by atoms with Crippen LogP contribution in [0.25, 0.3) is 0 Å².